The van der Waals surface area contributed by atoms with E-state index in [1.807, 2.05) is 14.1 Å². The second kappa shape index (κ2) is 5.20. The molecule has 0 saturated heterocycles. The summed E-state index contributed by atoms with van der Waals surface area (Å²) in [6.45, 7) is 0. The third-order valence-electron chi connectivity index (χ3n) is 0.383. The molecule has 0 rings (SSSR count). The van der Waals surface area contributed by atoms with E-state index in [9.17, 15) is 0 Å². The zero-order valence-corrected chi connectivity index (χ0v) is 10.3. The van der Waals surface area contributed by atoms with Crippen LogP contribution in [0.1, 0.15) is 0 Å². The molecule has 0 aliphatic carbocycles. The topological polar surface area (TPSA) is 3.24 Å². The van der Waals surface area contributed by atoms with Crippen LogP contribution in [-0.4, -0.2) is 47.7 Å². The van der Waals surface area contributed by atoms with Crippen molar-refractivity contribution in [3.05, 3.63) is 0 Å². The first-order valence-corrected chi connectivity index (χ1v) is 2.40. The molecule has 0 saturated carbocycles. The minimum absolute atomic E-state index is 0. The van der Waals surface area contributed by atoms with Crippen molar-refractivity contribution in [2.75, 3.05) is 14.1 Å². The maximum absolute atomic E-state index is 4.61. The molecule has 0 aliphatic heterocycles. The van der Waals surface area contributed by atoms with E-state index in [1.165, 1.54) is 0 Å². The standard InChI is InChI=1S/C3H7NS2.Sb.3H/c1-4(2)3(5)6;;;;/h1-2H3,(H,5,6);;;;. The Bertz CT molecular complexity index is 64.0. The Balaban J connectivity index is 0. The Morgan fingerprint density at radius 1 is 1.57 bits per heavy atom. The molecule has 0 fully saturated rings. The van der Waals surface area contributed by atoms with E-state index >= 15 is 0 Å². The maximum atomic E-state index is 4.61. The Kier molecular flexibility index (Phi) is 8.13. The molecule has 7 heavy (non-hydrogen) atoms. The molecule has 0 aromatic heterocycles. The molecule has 4 heteroatoms. The summed E-state index contributed by atoms with van der Waals surface area (Å²) in [5.41, 5.74) is 0. The first-order chi connectivity index (χ1) is 2.64. The Labute approximate surface area is 72.3 Å². The number of nitrogens with zero attached hydrogens (tertiary/aromatic N) is 1. The van der Waals surface area contributed by atoms with Gasteiger partial charge in [0.25, 0.3) is 0 Å². The molecular weight excluding hydrogens is 236 g/mol. The second-order valence-corrected chi connectivity index (χ2v) is 2.29. The van der Waals surface area contributed by atoms with Gasteiger partial charge in [0.05, 0.1) is 0 Å². The summed E-state index contributed by atoms with van der Waals surface area (Å²) in [4.78, 5) is 1.76. The molecule has 0 unspecified atom stereocenters. The average molecular weight is 246 g/mol. The molecule has 1 nitrogen and oxygen atoms in total. The van der Waals surface area contributed by atoms with E-state index in [0.717, 1.165) is 0 Å². The summed E-state index contributed by atoms with van der Waals surface area (Å²) in [6, 6.07) is 0. The van der Waals surface area contributed by atoms with Crippen molar-refractivity contribution in [1.29, 1.82) is 0 Å². The van der Waals surface area contributed by atoms with Crippen molar-refractivity contribution in [3.63, 3.8) is 0 Å². The van der Waals surface area contributed by atoms with E-state index in [-0.39, 0.29) is 24.4 Å². The minimum atomic E-state index is 0. The van der Waals surface area contributed by atoms with Crippen LogP contribution in [0.5, 0.6) is 0 Å². The number of hydrogen-bond acceptors (Lipinski definition) is 1. The molecule has 44 valence electrons. The summed E-state index contributed by atoms with van der Waals surface area (Å²) < 4.78 is 0.620. The van der Waals surface area contributed by atoms with Gasteiger partial charge >= 0.3 is 24.4 Å². The van der Waals surface area contributed by atoms with Gasteiger partial charge in [-0.15, -0.1) is 12.6 Å². The molecule has 0 aliphatic rings. The van der Waals surface area contributed by atoms with Gasteiger partial charge in [0, 0.05) is 14.1 Å². The second-order valence-electron chi connectivity index (χ2n) is 1.18. The summed E-state index contributed by atoms with van der Waals surface area (Å²) in [5.74, 6) is 0. The van der Waals surface area contributed by atoms with Crippen LogP contribution < -0.4 is 0 Å². The van der Waals surface area contributed by atoms with E-state index in [2.05, 4.69) is 24.8 Å². The number of hydrogen-bond donors (Lipinski definition) is 1. The zero-order valence-electron chi connectivity index (χ0n) is 4.51. The fourth-order valence-electron chi connectivity index (χ4n) is 0. The summed E-state index contributed by atoms with van der Waals surface area (Å²) in [7, 11) is 3.71. The molecule has 0 radical (unpaired) electrons. The van der Waals surface area contributed by atoms with Crippen molar-refractivity contribution < 1.29 is 0 Å². The monoisotopic (exact) mass is 245 g/mol. The van der Waals surface area contributed by atoms with Crippen LogP contribution in [0.25, 0.3) is 0 Å². The number of rotatable bonds is 0. The van der Waals surface area contributed by atoms with Crippen LogP contribution in [0.2, 0.25) is 0 Å². The Hall–Kier alpha value is 1.06. The van der Waals surface area contributed by atoms with E-state index < -0.39 is 0 Å². The SMILES string of the molecule is CN(C)C(=S)S.[SbH3]. The van der Waals surface area contributed by atoms with Gasteiger partial charge < -0.3 is 4.90 Å². The van der Waals surface area contributed by atoms with Crippen LogP contribution in [0.15, 0.2) is 0 Å². The Morgan fingerprint density at radius 3 is 1.71 bits per heavy atom. The van der Waals surface area contributed by atoms with Crippen LogP contribution in [0.4, 0.5) is 0 Å². The summed E-state index contributed by atoms with van der Waals surface area (Å²) in [5, 5.41) is 0. The van der Waals surface area contributed by atoms with E-state index in [0.29, 0.717) is 4.32 Å². The first-order valence-electron chi connectivity index (χ1n) is 1.55. The van der Waals surface area contributed by atoms with Crippen LogP contribution in [0, 0.1) is 0 Å². The van der Waals surface area contributed by atoms with Crippen LogP contribution in [0.3, 0.4) is 0 Å². The summed E-state index contributed by atoms with van der Waals surface area (Å²) >= 11 is 8.46. The molecule has 0 spiro atoms. The van der Waals surface area contributed by atoms with Crippen LogP contribution in [-0.2, 0) is 0 Å². The van der Waals surface area contributed by atoms with Gasteiger partial charge in [0.2, 0.25) is 0 Å². The molecule has 0 aromatic rings. The third kappa shape index (κ3) is 7.06. The van der Waals surface area contributed by atoms with Crippen molar-refractivity contribution in [2.24, 2.45) is 0 Å². The Morgan fingerprint density at radius 2 is 1.71 bits per heavy atom. The van der Waals surface area contributed by atoms with Gasteiger partial charge in [0.1, 0.15) is 4.32 Å². The summed E-state index contributed by atoms with van der Waals surface area (Å²) in [6.07, 6.45) is 0. The zero-order chi connectivity index (χ0) is 5.15. The van der Waals surface area contributed by atoms with Gasteiger partial charge in [-0.2, -0.15) is 0 Å². The predicted octanol–water partition coefficient (Wildman–Crippen LogP) is -0.421. The van der Waals surface area contributed by atoms with E-state index in [4.69, 9.17) is 0 Å². The van der Waals surface area contributed by atoms with Crippen LogP contribution >= 0.6 is 24.8 Å². The molecule has 0 heterocycles. The molecule has 0 bridgehead atoms. The molecule has 0 atom stereocenters. The average Bonchev–Trinajstić information content (AvgIpc) is 1.36. The van der Waals surface area contributed by atoms with Crippen molar-refractivity contribution in [2.45, 2.75) is 0 Å². The normalized spacial score (nSPS) is 6.71. The van der Waals surface area contributed by atoms with Crippen molar-refractivity contribution in [1.82, 2.24) is 4.90 Å². The molecule has 0 aromatic carbocycles. The fourth-order valence-corrected chi connectivity index (χ4v) is 0. The van der Waals surface area contributed by atoms with Gasteiger partial charge in [-0.1, -0.05) is 12.2 Å². The molecule has 0 N–H and O–H groups in total. The van der Waals surface area contributed by atoms with E-state index in [1.54, 1.807) is 4.90 Å². The van der Waals surface area contributed by atoms with Gasteiger partial charge in [-0.25, -0.2) is 0 Å². The van der Waals surface area contributed by atoms with Gasteiger partial charge in [-0.3, -0.25) is 0 Å². The van der Waals surface area contributed by atoms with Gasteiger partial charge in [-0.05, 0) is 0 Å². The number of thiocarbonyl (C=S) groups is 1. The molecular formula is C3H10NS2Sb. The van der Waals surface area contributed by atoms with Crippen molar-refractivity contribution >= 4 is 53.6 Å². The van der Waals surface area contributed by atoms with Gasteiger partial charge in [0.15, 0.2) is 0 Å². The third-order valence-corrected chi connectivity index (χ3v) is 1.15. The predicted molar refractivity (Wildman–Crippen MR) is 45.2 cm³/mol. The first kappa shape index (κ1) is 10.9. The molecule has 0 amide bonds. The number of thiol groups is 1. The van der Waals surface area contributed by atoms with Crippen molar-refractivity contribution in [3.8, 4) is 0 Å². The quantitative estimate of drug-likeness (QED) is 0.351. The fraction of sp³-hybridized carbons (Fsp3) is 0.667.